The number of ether oxygens (including phenoxy) is 1. The van der Waals surface area contributed by atoms with Crippen LogP contribution in [0.4, 0.5) is 10.1 Å². The van der Waals surface area contributed by atoms with Gasteiger partial charge in [0, 0.05) is 35.3 Å². The van der Waals surface area contributed by atoms with Gasteiger partial charge in [0.05, 0.1) is 23.4 Å². The average Bonchev–Trinajstić information content (AvgIpc) is 2.77. The minimum atomic E-state index is -3.80. The number of hydrogen-bond acceptors (Lipinski definition) is 5. The number of amides is 1. The number of sulfonamides is 1. The monoisotopic (exact) mass is 502 g/mol. The normalized spacial score (nSPS) is 15.4. The van der Waals surface area contributed by atoms with Gasteiger partial charge in [0.15, 0.2) is 0 Å². The van der Waals surface area contributed by atoms with Gasteiger partial charge in [-0.2, -0.15) is 0 Å². The van der Waals surface area contributed by atoms with Gasteiger partial charge < -0.3 is 10.1 Å². The third kappa shape index (κ3) is 5.58. The van der Waals surface area contributed by atoms with E-state index in [9.17, 15) is 22.4 Å². The molecule has 1 heterocycles. The number of nitrogens with one attached hydrogen (secondary N) is 1. The first-order valence-electron chi connectivity index (χ1n) is 9.72. The van der Waals surface area contributed by atoms with Crippen LogP contribution in [0.25, 0.3) is 0 Å². The third-order valence-electron chi connectivity index (χ3n) is 5.25. The number of anilines is 1. The summed E-state index contributed by atoms with van der Waals surface area (Å²) in [5.74, 6) is -2.56. The van der Waals surface area contributed by atoms with Crippen LogP contribution in [-0.2, 0) is 25.3 Å². The van der Waals surface area contributed by atoms with E-state index in [1.807, 2.05) is 0 Å². The fraction of sp³-hybridized carbons (Fsp3) is 0.333. The number of carbonyl (C=O) groups excluding carboxylic acids is 2. The number of benzene rings is 2. The molecule has 32 heavy (non-hydrogen) atoms. The topological polar surface area (TPSA) is 92.8 Å². The molecule has 1 amide bonds. The van der Waals surface area contributed by atoms with Gasteiger partial charge in [0.2, 0.25) is 15.9 Å². The Labute approximate surface area is 195 Å². The third-order valence-corrected chi connectivity index (χ3v) is 7.73. The molecule has 1 aliphatic rings. The lowest BCUT2D eigenvalue weighted by molar-refractivity contribution is -0.120. The second-order valence-corrected chi connectivity index (χ2v) is 10.1. The summed E-state index contributed by atoms with van der Waals surface area (Å²) in [6, 6.07) is 8.47. The van der Waals surface area contributed by atoms with Crippen LogP contribution in [-0.4, -0.2) is 44.8 Å². The van der Waals surface area contributed by atoms with Crippen LogP contribution in [0.15, 0.2) is 36.4 Å². The minimum absolute atomic E-state index is 0.0529. The number of methoxy groups -OCH3 is 1. The quantitative estimate of drug-likeness (QED) is 0.600. The van der Waals surface area contributed by atoms with Gasteiger partial charge in [-0.05, 0) is 43.2 Å². The Balaban J connectivity index is 1.62. The van der Waals surface area contributed by atoms with Gasteiger partial charge in [0.25, 0.3) is 0 Å². The van der Waals surface area contributed by atoms with Crippen molar-refractivity contribution in [3.8, 4) is 0 Å². The first-order valence-corrected chi connectivity index (χ1v) is 12.1. The maximum atomic E-state index is 14.0. The number of hydrogen-bond donors (Lipinski definition) is 1. The van der Waals surface area contributed by atoms with Crippen LogP contribution in [0.3, 0.4) is 0 Å². The minimum Gasteiger partial charge on any atom is -0.465 e. The first kappa shape index (κ1) is 24.4. The number of piperidine rings is 1. The van der Waals surface area contributed by atoms with E-state index in [4.69, 9.17) is 23.2 Å². The maximum Gasteiger partial charge on any atom is 0.339 e. The van der Waals surface area contributed by atoms with Crippen molar-refractivity contribution in [2.75, 3.05) is 25.5 Å². The second kappa shape index (κ2) is 10.2. The summed E-state index contributed by atoms with van der Waals surface area (Å²) in [4.78, 5) is 24.4. The fourth-order valence-electron chi connectivity index (χ4n) is 3.45. The molecule has 0 aromatic heterocycles. The van der Waals surface area contributed by atoms with E-state index in [1.165, 1.54) is 35.7 Å². The van der Waals surface area contributed by atoms with E-state index in [1.54, 1.807) is 6.07 Å². The van der Waals surface area contributed by atoms with Gasteiger partial charge in [-0.3, -0.25) is 4.79 Å². The standard InChI is InChI=1S/C21H21Cl2FN2O5S/c1-31-21(28)15-11-14(5-6-18(15)23)25-20(27)13-7-9-26(10-8-13)32(29,30)12-16-17(22)3-2-4-19(16)24/h2-6,11,13H,7-10,12H2,1H3,(H,25,27). The molecule has 0 radical (unpaired) electrons. The highest BCUT2D eigenvalue weighted by molar-refractivity contribution is 7.88. The summed E-state index contributed by atoms with van der Waals surface area (Å²) in [6.07, 6.45) is 0.598. The van der Waals surface area contributed by atoms with Crippen LogP contribution in [0.2, 0.25) is 10.0 Å². The molecule has 1 aliphatic heterocycles. The summed E-state index contributed by atoms with van der Waals surface area (Å²) in [5, 5.41) is 2.98. The Morgan fingerprint density at radius 1 is 1.16 bits per heavy atom. The van der Waals surface area contributed by atoms with Gasteiger partial charge in [-0.25, -0.2) is 21.9 Å². The number of halogens is 3. The molecule has 0 aliphatic carbocycles. The van der Waals surface area contributed by atoms with Gasteiger partial charge in [-0.1, -0.05) is 29.3 Å². The molecule has 2 aromatic carbocycles. The van der Waals surface area contributed by atoms with Crippen molar-refractivity contribution in [3.63, 3.8) is 0 Å². The predicted molar refractivity (Wildman–Crippen MR) is 120 cm³/mol. The Hall–Kier alpha value is -2.20. The zero-order valence-electron chi connectivity index (χ0n) is 17.1. The Bertz CT molecular complexity index is 1110. The number of esters is 1. The maximum absolute atomic E-state index is 14.0. The summed E-state index contributed by atoms with van der Waals surface area (Å²) < 4.78 is 45.4. The molecule has 11 heteroatoms. The SMILES string of the molecule is COC(=O)c1cc(NC(=O)C2CCN(S(=O)(=O)Cc3c(F)cccc3Cl)CC2)ccc1Cl. The molecular formula is C21H21Cl2FN2O5S. The number of rotatable bonds is 6. The lowest BCUT2D eigenvalue weighted by atomic mass is 9.97. The molecule has 7 nitrogen and oxygen atoms in total. The summed E-state index contributed by atoms with van der Waals surface area (Å²) >= 11 is 11.9. The average molecular weight is 503 g/mol. The molecule has 1 N–H and O–H groups in total. The van der Waals surface area contributed by atoms with Crippen LogP contribution in [0.1, 0.15) is 28.8 Å². The Morgan fingerprint density at radius 2 is 1.84 bits per heavy atom. The molecule has 0 spiro atoms. The summed E-state index contributed by atoms with van der Waals surface area (Å²) in [7, 11) is -2.57. The predicted octanol–water partition coefficient (Wildman–Crippen LogP) is 4.10. The molecule has 0 bridgehead atoms. The van der Waals surface area contributed by atoms with E-state index in [0.29, 0.717) is 18.5 Å². The Morgan fingerprint density at radius 3 is 2.47 bits per heavy atom. The van der Waals surface area contributed by atoms with Gasteiger partial charge in [0.1, 0.15) is 5.82 Å². The van der Waals surface area contributed by atoms with Crippen LogP contribution >= 0.6 is 23.2 Å². The van der Waals surface area contributed by atoms with Crippen molar-refractivity contribution in [1.82, 2.24) is 4.31 Å². The van der Waals surface area contributed by atoms with Gasteiger partial charge in [-0.15, -0.1) is 0 Å². The number of nitrogens with zero attached hydrogens (tertiary/aromatic N) is 1. The molecule has 0 unspecified atom stereocenters. The van der Waals surface area contributed by atoms with E-state index in [0.717, 1.165) is 6.07 Å². The molecule has 1 fully saturated rings. The van der Waals surface area contributed by atoms with Crippen molar-refractivity contribution >= 4 is 50.8 Å². The Kier molecular flexibility index (Phi) is 7.76. The van der Waals surface area contributed by atoms with Crippen molar-refractivity contribution < 1.29 is 27.1 Å². The second-order valence-electron chi connectivity index (χ2n) is 7.31. The molecule has 0 atom stereocenters. The number of carbonyl (C=O) groups is 2. The van der Waals surface area contributed by atoms with E-state index in [-0.39, 0.29) is 40.2 Å². The smallest absolute Gasteiger partial charge is 0.339 e. The highest BCUT2D eigenvalue weighted by Crippen LogP contribution is 2.27. The van der Waals surface area contributed by atoms with E-state index < -0.39 is 33.5 Å². The molecule has 0 saturated carbocycles. The van der Waals surface area contributed by atoms with Crippen LogP contribution < -0.4 is 5.32 Å². The van der Waals surface area contributed by atoms with Crippen molar-refractivity contribution in [2.45, 2.75) is 18.6 Å². The molecule has 1 saturated heterocycles. The summed E-state index contributed by atoms with van der Waals surface area (Å²) in [5.41, 5.74) is 0.432. The van der Waals surface area contributed by atoms with Crippen molar-refractivity contribution in [2.24, 2.45) is 5.92 Å². The molecule has 3 rings (SSSR count). The molecule has 2 aromatic rings. The highest BCUT2D eigenvalue weighted by Gasteiger charge is 2.32. The highest BCUT2D eigenvalue weighted by atomic mass is 35.5. The van der Waals surface area contributed by atoms with Crippen LogP contribution in [0, 0.1) is 11.7 Å². The largest absolute Gasteiger partial charge is 0.465 e. The van der Waals surface area contributed by atoms with E-state index >= 15 is 0 Å². The van der Waals surface area contributed by atoms with Crippen LogP contribution in [0.5, 0.6) is 0 Å². The van der Waals surface area contributed by atoms with Gasteiger partial charge >= 0.3 is 5.97 Å². The van der Waals surface area contributed by atoms with Crippen molar-refractivity contribution in [1.29, 1.82) is 0 Å². The summed E-state index contributed by atoms with van der Waals surface area (Å²) in [6.45, 7) is 0.251. The van der Waals surface area contributed by atoms with Crippen molar-refractivity contribution in [3.05, 3.63) is 63.4 Å². The zero-order valence-corrected chi connectivity index (χ0v) is 19.4. The fourth-order valence-corrected chi connectivity index (χ4v) is 5.57. The lowest BCUT2D eigenvalue weighted by Crippen LogP contribution is -2.42. The zero-order chi connectivity index (χ0) is 23.5. The lowest BCUT2D eigenvalue weighted by Gasteiger charge is -2.30. The molecule has 172 valence electrons. The van der Waals surface area contributed by atoms with E-state index in [2.05, 4.69) is 10.1 Å². The molecular weight excluding hydrogens is 482 g/mol. The first-order chi connectivity index (χ1) is 15.1.